The molecule has 2 N–H and O–H groups in total. The molecule has 24 heavy (non-hydrogen) atoms. The van der Waals surface area contributed by atoms with Crippen molar-refractivity contribution >= 4 is 11.8 Å². The standard InChI is InChI=1S/C19H24N2O3/c22-17(20-24)14-5-6-15-12-19(9-7-13(15)11-14)8-2-10-21(18(19)23)16-3-1-4-16/h5-6,11,16,24H,1-4,7-10,12H2,(H,20,22)/t19-/m0/s1. The van der Waals surface area contributed by atoms with Crippen molar-refractivity contribution in [1.82, 2.24) is 10.4 Å². The molecule has 1 saturated heterocycles. The molecule has 1 spiro atoms. The fraction of sp³-hybridized carbons (Fsp3) is 0.579. The van der Waals surface area contributed by atoms with Crippen LogP contribution in [0.15, 0.2) is 18.2 Å². The second kappa shape index (κ2) is 5.88. The molecule has 2 aliphatic carbocycles. The first-order valence-corrected chi connectivity index (χ1v) is 9.00. The molecule has 0 unspecified atom stereocenters. The van der Waals surface area contributed by atoms with Crippen molar-refractivity contribution in [3.05, 3.63) is 34.9 Å². The summed E-state index contributed by atoms with van der Waals surface area (Å²) in [6.07, 6.45) is 8.13. The number of aryl methyl sites for hydroxylation is 1. The van der Waals surface area contributed by atoms with Crippen LogP contribution in [0.5, 0.6) is 0 Å². The van der Waals surface area contributed by atoms with Crippen LogP contribution in [0, 0.1) is 5.41 Å². The first-order chi connectivity index (χ1) is 11.6. The van der Waals surface area contributed by atoms with Gasteiger partial charge in [0.2, 0.25) is 5.91 Å². The van der Waals surface area contributed by atoms with E-state index >= 15 is 0 Å². The van der Waals surface area contributed by atoms with E-state index in [1.807, 2.05) is 12.1 Å². The zero-order valence-corrected chi connectivity index (χ0v) is 13.9. The summed E-state index contributed by atoms with van der Waals surface area (Å²) in [5, 5.41) is 8.79. The Bertz CT molecular complexity index is 683. The predicted molar refractivity (Wildman–Crippen MR) is 88.7 cm³/mol. The van der Waals surface area contributed by atoms with Gasteiger partial charge in [0.15, 0.2) is 0 Å². The Morgan fingerprint density at radius 1 is 1.21 bits per heavy atom. The topological polar surface area (TPSA) is 69.6 Å². The van der Waals surface area contributed by atoms with E-state index in [9.17, 15) is 9.59 Å². The highest BCUT2D eigenvalue weighted by atomic mass is 16.5. The van der Waals surface area contributed by atoms with Crippen molar-refractivity contribution in [3.63, 3.8) is 0 Å². The number of nitrogens with zero attached hydrogens (tertiary/aromatic N) is 1. The monoisotopic (exact) mass is 328 g/mol. The molecule has 2 amide bonds. The predicted octanol–water partition coefficient (Wildman–Crippen LogP) is 2.46. The summed E-state index contributed by atoms with van der Waals surface area (Å²) in [5.74, 6) is -0.121. The number of rotatable bonds is 2. The molecule has 3 aliphatic rings. The maximum Gasteiger partial charge on any atom is 0.274 e. The molecule has 1 saturated carbocycles. The smallest absolute Gasteiger partial charge is 0.274 e. The molecule has 4 rings (SSSR count). The number of amides is 2. The van der Waals surface area contributed by atoms with E-state index in [0.29, 0.717) is 17.5 Å². The van der Waals surface area contributed by atoms with Crippen molar-refractivity contribution in [1.29, 1.82) is 0 Å². The number of hydroxylamine groups is 1. The van der Waals surface area contributed by atoms with Gasteiger partial charge in [-0.3, -0.25) is 14.8 Å². The average Bonchev–Trinajstić information content (AvgIpc) is 2.56. The fourth-order valence-electron chi connectivity index (χ4n) is 4.61. The summed E-state index contributed by atoms with van der Waals surface area (Å²) in [6.45, 7) is 0.924. The van der Waals surface area contributed by atoms with Crippen LogP contribution in [0.2, 0.25) is 0 Å². The van der Waals surface area contributed by atoms with Crippen molar-refractivity contribution in [2.24, 2.45) is 5.41 Å². The van der Waals surface area contributed by atoms with Gasteiger partial charge in [-0.05, 0) is 74.6 Å². The molecule has 1 heterocycles. The Morgan fingerprint density at radius 2 is 2.04 bits per heavy atom. The fourth-order valence-corrected chi connectivity index (χ4v) is 4.61. The van der Waals surface area contributed by atoms with E-state index in [1.54, 1.807) is 11.5 Å². The Morgan fingerprint density at radius 3 is 2.75 bits per heavy atom. The van der Waals surface area contributed by atoms with Crippen LogP contribution in [-0.2, 0) is 17.6 Å². The third-order valence-electron chi connectivity index (χ3n) is 6.26. The minimum atomic E-state index is -0.483. The summed E-state index contributed by atoms with van der Waals surface area (Å²) in [5.41, 5.74) is 4.23. The molecule has 1 aromatic carbocycles. The van der Waals surface area contributed by atoms with Crippen LogP contribution < -0.4 is 5.48 Å². The number of carbonyl (C=O) groups excluding carboxylic acids is 2. The lowest BCUT2D eigenvalue weighted by molar-refractivity contribution is -0.152. The summed E-state index contributed by atoms with van der Waals surface area (Å²) in [6, 6.07) is 6.02. The lowest BCUT2D eigenvalue weighted by Crippen LogP contribution is -2.56. The zero-order chi connectivity index (χ0) is 16.7. The number of piperidine rings is 1. The Hall–Kier alpha value is -1.88. The molecular formula is C19H24N2O3. The largest absolute Gasteiger partial charge is 0.339 e. The van der Waals surface area contributed by atoms with Gasteiger partial charge in [-0.1, -0.05) is 6.07 Å². The summed E-state index contributed by atoms with van der Waals surface area (Å²) >= 11 is 0. The molecule has 1 aromatic rings. The van der Waals surface area contributed by atoms with Gasteiger partial charge in [0, 0.05) is 18.2 Å². The molecule has 2 fully saturated rings. The lowest BCUT2D eigenvalue weighted by atomic mass is 9.66. The van der Waals surface area contributed by atoms with E-state index in [2.05, 4.69) is 4.90 Å². The van der Waals surface area contributed by atoms with Gasteiger partial charge in [0.25, 0.3) is 5.91 Å². The van der Waals surface area contributed by atoms with Gasteiger partial charge < -0.3 is 4.90 Å². The van der Waals surface area contributed by atoms with Crippen molar-refractivity contribution in [2.75, 3.05) is 6.54 Å². The number of nitrogens with one attached hydrogen (secondary N) is 1. The minimum Gasteiger partial charge on any atom is -0.339 e. The highest BCUT2D eigenvalue weighted by molar-refractivity contribution is 5.93. The minimum absolute atomic E-state index is 0.235. The van der Waals surface area contributed by atoms with Crippen LogP contribution >= 0.6 is 0 Å². The summed E-state index contributed by atoms with van der Waals surface area (Å²) in [7, 11) is 0. The maximum absolute atomic E-state index is 13.2. The Balaban J connectivity index is 1.58. The molecule has 5 heteroatoms. The van der Waals surface area contributed by atoms with Gasteiger partial charge in [-0.2, -0.15) is 0 Å². The molecule has 0 aromatic heterocycles. The van der Waals surface area contributed by atoms with Crippen molar-refractivity contribution < 1.29 is 14.8 Å². The molecule has 128 valence electrons. The number of benzene rings is 1. The number of hydrogen-bond acceptors (Lipinski definition) is 3. The van der Waals surface area contributed by atoms with Gasteiger partial charge in [-0.25, -0.2) is 5.48 Å². The maximum atomic E-state index is 13.2. The van der Waals surface area contributed by atoms with E-state index in [4.69, 9.17) is 5.21 Å². The molecule has 5 nitrogen and oxygen atoms in total. The Kier molecular flexibility index (Phi) is 3.83. The zero-order valence-electron chi connectivity index (χ0n) is 13.9. The SMILES string of the molecule is O=C(NO)c1ccc2c(c1)CC[C@@]1(CCCN(C3CCC3)C1=O)C2. The van der Waals surface area contributed by atoms with E-state index < -0.39 is 5.91 Å². The second-order valence-electron chi connectivity index (χ2n) is 7.57. The molecule has 1 aliphatic heterocycles. The van der Waals surface area contributed by atoms with Gasteiger partial charge >= 0.3 is 0 Å². The molecule has 1 atom stereocenters. The summed E-state index contributed by atoms with van der Waals surface area (Å²) < 4.78 is 0. The van der Waals surface area contributed by atoms with Crippen LogP contribution in [0.1, 0.15) is 60.0 Å². The van der Waals surface area contributed by atoms with Gasteiger partial charge in [0.1, 0.15) is 0 Å². The van der Waals surface area contributed by atoms with Crippen LogP contribution in [-0.4, -0.2) is 34.5 Å². The molecule has 0 bridgehead atoms. The van der Waals surface area contributed by atoms with E-state index in [1.165, 1.54) is 12.0 Å². The third kappa shape index (κ3) is 2.42. The molecule has 0 radical (unpaired) electrons. The molecular weight excluding hydrogens is 304 g/mol. The van der Waals surface area contributed by atoms with Crippen LogP contribution in [0.25, 0.3) is 0 Å². The quantitative estimate of drug-likeness (QED) is 0.647. The second-order valence-corrected chi connectivity index (χ2v) is 7.57. The highest BCUT2D eigenvalue weighted by Crippen LogP contribution is 2.45. The van der Waals surface area contributed by atoms with E-state index in [-0.39, 0.29) is 5.41 Å². The summed E-state index contributed by atoms with van der Waals surface area (Å²) in [4.78, 5) is 26.9. The average molecular weight is 328 g/mol. The Labute approximate surface area is 142 Å². The number of carbonyl (C=O) groups is 2. The van der Waals surface area contributed by atoms with E-state index in [0.717, 1.165) is 57.1 Å². The first-order valence-electron chi connectivity index (χ1n) is 9.00. The number of fused-ring (bicyclic) bond motifs is 1. The normalized spacial score (nSPS) is 26.9. The van der Waals surface area contributed by atoms with Crippen LogP contribution in [0.4, 0.5) is 0 Å². The van der Waals surface area contributed by atoms with Crippen molar-refractivity contribution in [2.45, 2.75) is 57.4 Å². The van der Waals surface area contributed by atoms with Gasteiger partial charge in [0.05, 0.1) is 5.41 Å². The number of hydrogen-bond donors (Lipinski definition) is 2. The third-order valence-corrected chi connectivity index (χ3v) is 6.26. The first kappa shape index (κ1) is 15.6. The number of likely N-dealkylation sites (tertiary alicyclic amines) is 1. The lowest BCUT2D eigenvalue weighted by Gasteiger charge is -2.49. The van der Waals surface area contributed by atoms with Crippen molar-refractivity contribution in [3.8, 4) is 0 Å². The van der Waals surface area contributed by atoms with Crippen LogP contribution in [0.3, 0.4) is 0 Å². The highest BCUT2D eigenvalue weighted by Gasteiger charge is 2.47. The van der Waals surface area contributed by atoms with Gasteiger partial charge in [-0.15, -0.1) is 0 Å².